The Balaban J connectivity index is 2.10. The number of hydrogen-bond donors (Lipinski definition) is 1. The van der Waals surface area contributed by atoms with Crippen molar-refractivity contribution in [2.75, 3.05) is 5.75 Å². The fraction of sp³-hybridized carbons (Fsp3) is 0.167. The first kappa shape index (κ1) is 13.3. The quantitative estimate of drug-likeness (QED) is 0.389. The Labute approximate surface area is 113 Å². The van der Waals surface area contributed by atoms with E-state index in [-0.39, 0.29) is 5.91 Å². The fourth-order valence-electron chi connectivity index (χ4n) is 1.36. The molecule has 1 aliphatic rings. The fourth-order valence-corrected chi connectivity index (χ4v) is 1.99. The van der Waals surface area contributed by atoms with Crippen molar-refractivity contribution < 1.29 is 14.3 Å². The van der Waals surface area contributed by atoms with Gasteiger partial charge >= 0.3 is 5.97 Å². The summed E-state index contributed by atoms with van der Waals surface area (Å²) in [6.07, 6.45) is 1.47. The lowest BCUT2D eigenvalue weighted by atomic mass is 10.2. The van der Waals surface area contributed by atoms with Gasteiger partial charge in [0.2, 0.25) is 5.91 Å². The maximum absolute atomic E-state index is 10.9. The molecule has 0 unspecified atom stereocenters. The van der Waals surface area contributed by atoms with Crippen molar-refractivity contribution in [3.05, 3.63) is 29.8 Å². The van der Waals surface area contributed by atoms with Crippen molar-refractivity contribution in [3.8, 4) is 5.75 Å². The molecule has 0 spiro atoms. The molecule has 1 aromatic carbocycles. The van der Waals surface area contributed by atoms with E-state index >= 15 is 0 Å². The van der Waals surface area contributed by atoms with Crippen LogP contribution in [0.5, 0.6) is 5.75 Å². The number of amidine groups is 1. The van der Waals surface area contributed by atoms with Gasteiger partial charge in [-0.2, -0.15) is 5.10 Å². The van der Waals surface area contributed by atoms with E-state index in [1.165, 1.54) is 24.9 Å². The van der Waals surface area contributed by atoms with Crippen LogP contribution in [0.15, 0.2) is 34.5 Å². The molecule has 0 bridgehead atoms. The van der Waals surface area contributed by atoms with Gasteiger partial charge in [-0.15, -0.1) is 5.10 Å². The van der Waals surface area contributed by atoms with Crippen molar-refractivity contribution in [2.24, 2.45) is 10.2 Å². The topological polar surface area (TPSA) is 80.1 Å². The summed E-state index contributed by atoms with van der Waals surface area (Å²) in [6.45, 7) is 1.33. The highest BCUT2D eigenvalue weighted by Gasteiger charge is 2.15. The second kappa shape index (κ2) is 6.14. The van der Waals surface area contributed by atoms with E-state index in [1.807, 2.05) is 0 Å². The van der Waals surface area contributed by atoms with Gasteiger partial charge in [-0.3, -0.25) is 9.59 Å². The minimum atomic E-state index is -0.397. The van der Waals surface area contributed by atoms with Gasteiger partial charge in [0, 0.05) is 12.5 Å². The summed E-state index contributed by atoms with van der Waals surface area (Å²) in [6, 6.07) is 6.98. The molecule has 1 fully saturated rings. The van der Waals surface area contributed by atoms with Crippen LogP contribution in [0.1, 0.15) is 12.5 Å². The number of ether oxygens (including phenoxy) is 1. The maximum atomic E-state index is 10.9. The molecule has 7 heteroatoms. The molecule has 0 radical (unpaired) electrons. The summed E-state index contributed by atoms with van der Waals surface area (Å²) in [5.74, 6) is 0.297. The Morgan fingerprint density at radius 1 is 1.47 bits per heavy atom. The van der Waals surface area contributed by atoms with E-state index < -0.39 is 5.97 Å². The highest BCUT2D eigenvalue weighted by Crippen LogP contribution is 2.16. The van der Waals surface area contributed by atoms with E-state index in [1.54, 1.807) is 24.3 Å². The monoisotopic (exact) mass is 277 g/mol. The smallest absolute Gasteiger partial charge is 0.308 e. The van der Waals surface area contributed by atoms with Crippen LogP contribution in [0.25, 0.3) is 0 Å². The minimum absolute atomic E-state index is 0.0840. The third kappa shape index (κ3) is 3.92. The van der Waals surface area contributed by atoms with Crippen molar-refractivity contribution in [1.82, 2.24) is 5.32 Å². The Kier molecular flexibility index (Phi) is 4.30. The second-order valence-corrected chi connectivity index (χ2v) is 4.58. The zero-order valence-electron chi connectivity index (χ0n) is 10.1. The molecule has 1 aliphatic heterocycles. The van der Waals surface area contributed by atoms with E-state index in [0.717, 1.165) is 0 Å². The number of nitrogens with zero attached hydrogens (tertiary/aromatic N) is 2. The molecule has 1 amide bonds. The van der Waals surface area contributed by atoms with Crippen LogP contribution >= 0.6 is 11.8 Å². The van der Waals surface area contributed by atoms with E-state index in [0.29, 0.717) is 22.2 Å². The molecule has 0 aromatic heterocycles. The third-order valence-corrected chi connectivity index (χ3v) is 2.97. The van der Waals surface area contributed by atoms with Crippen molar-refractivity contribution >= 4 is 35.0 Å². The Morgan fingerprint density at radius 2 is 2.26 bits per heavy atom. The average Bonchev–Trinajstić information content (AvgIpc) is 2.77. The molecule has 2 rings (SSSR count). The first-order valence-electron chi connectivity index (χ1n) is 5.46. The summed E-state index contributed by atoms with van der Waals surface area (Å²) in [5, 5.41) is 10.8. The second-order valence-electron chi connectivity index (χ2n) is 3.62. The number of para-hydroxylation sites is 1. The van der Waals surface area contributed by atoms with Gasteiger partial charge in [0.25, 0.3) is 0 Å². The predicted molar refractivity (Wildman–Crippen MR) is 73.4 cm³/mol. The van der Waals surface area contributed by atoms with E-state index in [2.05, 4.69) is 15.5 Å². The van der Waals surface area contributed by atoms with Crippen molar-refractivity contribution in [1.29, 1.82) is 0 Å². The average molecular weight is 277 g/mol. The zero-order valence-corrected chi connectivity index (χ0v) is 10.9. The number of carbonyl (C=O) groups excluding carboxylic acids is 2. The van der Waals surface area contributed by atoms with Crippen LogP contribution in [-0.2, 0) is 9.59 Å². The lowest BCUT2D eigenvalue weighted by Gasteiger charge is -2.03. The van der Waals surface area contributed by atoms with Gasteiger partial charge in [0.05, 0.1) is 12.0 Å². The summed E-state index contributed by atoms with van der Waals surface area (Å²) >= 11 is 1.29. The molecule has 1 aromatic rings. The Morgan fingerprint density at radius 3 is 2.95 bits per heavy atom. The molecule has 1 heterocycles. The summed E-state index contributed by atoms with van der Waals surface area (Å²) in [7, 11) is 0. The number of thioether (sulfide) groups is 1. The Hall–Kier alpha value is -2.15. The van der Waals surface area contributed by atoms with Crippen LogP contribution in [0.3, 0.4) is 0 Å². The van der Waals surface area contributed by atoms with Gasteiger partial charge in [0.15, 0.2) is 5.17 Å². The molecule has 19 heavy (non-hydrogen) atoms. The molecular formula is C12H11N3O3S. The highest BCUT2D eigenvalue weighted by atomic mass is 32.2. The normalized spacial score (nSPS) is 16.9. The number of amides is 1. The van der Waals surface area contributed by atoms with Gasteiger partial charge < -0.3 is 10.1 Å². The van der Waals surface area contributed by atoms with Crippen molar-refractivity contribution in [3.63, 3.8) is 0 Å². The molecule has 0 atom stereocenters. The third-order valence-electron chi connectivity index (χ3n) is 2.10. The lowest BCUT2D eigenvalue weighted by Crippen LogP contribution is -2.19. The largest absolute Gasteiger partial charge is 0.426 e. The van der Waals surface area contributed by atoms with E-state index in [4.69, 9.17) is 4.74 Å². The predicted octanol–water partition coefficient (Wildman–Crippen LogP) is 1.16. The molecule has 0 aliphatic carbocycles. The van der Waals surface area contributed by atoms with Gasteiger partial charge in [-0.1, -0.05) is 23.9 Å². The molecule has 0 saturated carbocycles. The SMILES string of the molecule is CC(=O)Oc1ccccc1C=NN=C1NC(=O)CS1. The first-order chi connectivity index (χ1) is 9.15. The van der Waals surface area contributed by atoms with Gasteiger partial charge in [0.1, 0.15) is 5.75 Å². The summed E-state index contributed by atoms with van der Waals surface area (Å²) < 4.78 is 5.03. The van der Waals surface area contributed by atoms with Crippen LogP contribution in [-0.4, -0.2) is 29.0 Å². The zero-order chi connectivity index (χ0) is 13.7. The first-order valence-corrected chi connectivity index (χ1v) is 6.45. The van der Waals surface area contributed by atoms with Crippen LogP contribution in [0.2, 0.25) is 0 Å². The highest BCUT2D eigenvalue weighted by molar-refractivity contribution is 8.15. The number of benzene rings is 1. The van der Waals surface area contributed by atoms with Gasteiger partial charge in [-0.25, -0.2) is 0 Å². The summed E-state index contributed by atoms with van der Waals surface area (Å²) in [5.41, 5.74) is 0.636. The number of carbonyl (C=O) groups is 2. The molecule has 6 nitrogen and oxygen atoms in total. The van der Waals surface area contributed by atoms with Gasteiger partial charge in [-0.05, 0) is 12.1 Å². The van der Waals surface area contributed by atoms with Crippen LogP contribution < -0.4 is 10.1 Å². The number of rotatable bonds is 3. The Bertz CT molecular complexity index is 569. The summed E-state index contributed by atoms with van der Waals surface area (Å²) in [4.78, 5) is 21.9. The standard InChI is InChI=1S/C12H11N3O3S/c1-8(16)18-10-5-3-2-4-9(10)6-13-15-12-14-11(17)7-19-12/h2-6H,7H2,1H3,(H,14,15,17). The number of esters is 1. The molecule has 1 N–H and O–H groups in total. The minimum Gasteiger partial charge on any atom is -0.426 e. The van der Waals surface area contributed by atoms with E-state index in [9.17, 15) is 9.59 Å². The maximum Gasteiger partial charge on any atom is 0.308 e. The van der Waals surface area contributed by atoms with Crippen molar-refractivity contribution in [2.45, 2.75) is 6.92 Å². The lowest BCUT2D eigenvalue weighted by molar-refractivity contribution is -0.131. The van der Waals surface area contributed by atoms with Crippen LogP contribution in [0.4, 0.5) is 0 Å². The molecule has 1 saturated heterocycles. The number of hydrogen-bond acceptors (Lipinski definition) is 6. The molecule has 98 valence electrons. The number of nitrogens with one attached hydrogen (secondary N) is 1. The van der Waals surface area contributed by atoms with Crippen LogP contribution in [0, 0.1) is 0 Å². The molecular weight excluding hydrogens is 266 g/mol.